The van der Waals surface area contributed by atoms with Crippen LogP contribution in [0.1, 0.15) is 37.7 Å². The Morgan fingerprint density at radius 1 is 1.39 bits per heavy atom. The Labute approximate surface area is 108 Å². The molecule has 0 saturated heterocycles. The number of rotatable bonds is 5. The highest BCUT2D eigenvalue weighted by Crippen LogP contribution is 2.12. The molecule has 2 aromatic rings. The molecule has 1 atom stereocenters. The fraction of sp³-hybridized carbons (Fsp3) is 0.538. The lowest BCUT2D eigenvalue weighted by Gasteiger charge is -2.08. The molecule has 2 aromatic heterocycles. The zero-order valence-corrected chi connectivity index (χ0v) is 11.5. The van der Waals surface area contributed by atoms with Gasteiger partial charge in [0.2, 0.25) is 0 Å². The number of aryl methyl sites for hydroxylation is 2. The third-order valence-electron chi connectivity index (χ3n) is 3.20. The predicted octanol–water partition coefficient (Wildman–Crippen LogP) is 2.51. The van der Waals surface area contributed by atoms with E-state index in [0.717, 1.165) is 30.2 Å². The quantitative estimate of drug-likeness (QED) is 0.883. The second-order valence-corrected chi connectivity index (χ2v) is 4.69. The summed E-state index contributed by atoms with van der Waals surface area (Å²) in [6.45, 7) is 7.08. The topological polar surface area (TPSA) is 47.7 Å². The van der Waals surface area contributed by atoms with Gasteiger partial charge in [-0.05, 0) is 26.3 Å². The Kier molecular flexibility index (Phi) is 3.69. The van der Waals surface area contributed by atoms with E-state index in [1.54, 1.807) is 0 Å². The third-order valence-corrected chi connectivity index (χ3v) is 3.20. The van der Waals surface area contributed by atoms with Crippen LogP contribution in [0.4, 0.5) is 5.82 Å². The van der Waals surface area contributed by atoms with E-state index in [1.807, 2.05) is 35.6 Å². The second kappa shape index (κ2) is 5.25. The molecule has 98 valence electrons. The highest BCUT2D eigenvalue weighted by molar-refractivity contribution is 5.33. The molecule has 5 heteroatoms. The van der Waals surface area contributed by atoms with Gasteiger partial charge in [0.1, 0.15) is 5.82 Å². The summed E-state index contributed by atoms with van der Waals surface area (Å²) in [5.41, 5.74) is 2.20. The summed E-state index contributed by atoms with van der Waals surface area (Å²) in [6, 6.07) is 4.54. The first-order valence-corrected chi connectivity index (χ1v) is 6.38. The van der Waals surface area contributed by atoms with E-state index in [0.29, 0.717) is 6.04 Å². The average molecular weight is 247 g/mol. The maximum absolute atomic E-state index is 4.51. The largest absolute Gasteiger partial charge is 0.363 e. The van der Waals surface area contributed by atoms with Crippen LogP contribution in [0.3, 0.4) is 0 Å². The highest BCUT2D eigenvalue weighted by Gasteiger charge is 2.06. The summed E-state index contributed by atoms with van der Waals surface area (Å²) in [7, 11) is 1.96. The standard InChI is InChI=1S/C13H21N5/c1-5-11(3)18-7-6-13(16-18)14-9-12-8-10(2)15-17(12)4/h6-8,11H,5,9H2,1-4H3,(H,14,16)/t11-/m0/s1. The van der Waals surface area contributed by atoms with Gasteiger partial charge in [-0.25, -0.2) is 0 Å². The van der Waals surface area contributed by atoms with Gasteiger partial charge in [-0.15, -0.1) is 0 Å². The molecule has 0 amide bonds. The van der Waals surface area contributed by atoms with E-state index in [9.17, 15) is 0 Å². The Morgan fingerprint density at radius 3 is 2.78 bits per heavy atom. The molecule has 0 unspecified atom stereocenters. The normalized spacial score (nSPS) is 12.7. The van der Waals surface area contributed by atoms with Crippen LogP contribution in [0.15, 0.2) is 18.3 Å². The van der Waals surface area contributed by atoms with Crippen molar-refractivity contribution < 1.29 is 0 Å². The van der Waals surface area contributed by atoms with Gasteiger partial charge in [-0.1, -0.05) is 6.92 Å². The Balaban J connectivity index is 1.98. The fourth-order valence-corrected chi connectivity index (χ4v) is 1.88. The van der Waals surface area contributed by atoms with Crippen molar-refractivity contribution in [2.24, 2.45) is 7.05 Å². The van der Waals surface area contributed by atoms with Crippen LogP contribution in [0, 0.1) is 6.92 Å². The van der Waals surface area contributed by atoms with E-state index in [-0.39, 0.29) is 0 Å². The summed E-state index contributed by atoms with van der Waals surface area (Å²) >= 11 is 0. The summed E-state index contributed by atoms with van der Waals surface area (Å²) < 4.78 is 3.89. The van der Waals surface area contributed by atoms with E-state index in [4.69, 9.17) is 0 Å². The van der Waals surface area contributed by atoms with Crippen molar-refractivity contribution in [3.05, 3.63) is 29.7 Å². The number of hydrogen-bond donors (Lipinski definition) is 1. The molecule has 0 bridgehead atoms. The van der Waals surface area contributed by atoms with Gasteiger partial charge in [-0.3, -0.25) is 9.36 Å². The Bertz CT molecular complexity index is 511. The van der Waals surface area contributed by atoms with E-state index < -0.39 is 0 Å². The lowest BCUT2D eigenvalue weighted by Crippen LogP contribution is -2.08. The van der Waals surface area contributed by atoms with Gasteiger partial charge in [0, 0.05) is 25.4 Å². The van der Waals surface area contributed by atoms with Crippen molar-refractivity contribution in [3.8, 4) is 0 Å². The van der Waals surface area contributed by atoms with Gasteiger partial charge in [0.15, 0.2) is 0 Å². The van der Waals surface area contributed by atoms with Crippen LogP contribution in [0.2, 0.25) is 0 Å². The first kappa shape index (κ1) is 12.7. The third kappa shape index (κ3) is 2.72. The molecule has 0 aliphatic heterocycles. The molecule has 0 radical (unpaired) electrons. The summed E-state index contributed by atoms with van der Waals surface area (Å²) in [4.78, 5) is 0. The molecule has 0 aromatic carbocycles. The molecule has 18 heavy (non-hydrogen) atoms. The molecule has 2 rings (SSSR count). The predicted molar refractivity (Wildman–Crippen MR) is 72.5 cm³/mol. The van der Waals surface area contributed by atoms with Gasteiger partial charge in [0.05, 0.1) is 17.9 Å². The number of aromatic nitrogens is 4. The SMILES string of the molecule is CC[C@H](C)n1ccc(NCc2cc(C)nn2C)n1. The van der Waals surface area contributed by atoms with Crippen LogP contribution in [0.25, 0.3) is 0 Å². The minimum Gasteiger partial charge on any atom is -0.363 e. The van der Waals surface area contributed by atoms with Crippen LogP contribution in [-0.4, -0.2) is 19.6 Å². The minimum atomic E-state index is 0.444. The second-order valence-electron chi connectivity index (χ2n) is 4.69. The average Bonchev–Trinajstić information content (AvgIpc) is 2.92. The van der Waals surface area contributed by atoms with Crippen molar-refractivity contribution in [1.82, 2.24) is 19.6 Å². The van der Waals surface area contributed by atoms with Crippen molar-refractivity contribution in [2.75, 3.05) is 5.32 Å². The van der Waals surface area contributed by atoms with Crippen molar-refractivity contribution >= 4 is 5.82 Å². The molecule has 2 heterocycles. The van der Waals surface area contributed by atoms with Crippen LogP contribution in [-0.2, 0) is 13.6 Å². The van der Waals surface area contributed by atoms with Crippen molar-refractivity contribution in [2.45, 2.75) is 39.8 Å². The minimum absolute atomic E-state index is 0.444. The molecule has 0 spiro atoms. The van der Waals surface area contributed by atoms with Gasteiger partial charge >= 0.3 is 0 Å². The van der Waals surface area contributed by atoms with E-state index in [1.165, 1.54) is 0 Å². The zero-order chi connectivity index (χ0) is 13.1. The summed E-state index contributed by atoms with van der Waals surface area (Å²) in [5, 5.41) is 12.2. The number of anilines is 1. The maximum Gasteiger partial charge on any atom is 0.148 e. The van der Waals surface area contributed by atoms with Crippen molar-refractivity contribution in [3.63, 3.8) is 0 Å². The molecule has 5 nitrogen and oxygen atoms in total. The number of hydrogen-bond acceptors (Lipinski definition) is 3. The maximum atomic E-state index is 4.51. The van der Waals surface area contributed by atoms with Crippen LogP contribution in [0.5, 0.6) is 0 Å². The van der Waals surface area contributed by atoms with Gasteiger partial charge in [0.25, 0.3) is 0 Å². The first-order valence-electron chi connectivity index (χ1n) is 6.38. The lowest BCUT2D eigenvalue weighted by molar-refractivity contribution is 0.479. The highest BCUT2D eigenvalue weighted by atomic mass is 15.3. The monoisotopic (exact) mass is 247 g/mol. The molecular weight excluding hydrogens is 226 g/mol. The van der Waals surface area contributed by atoms with Gasteiger partial charge in [-0.2, -0.15) is 10.2 Å². The van der Waals surface area contributed by atoms with E-state index in [2.05, 4.69) is 35.4 Å². The Hall–Kier alpha value is -1.78. The lowest BCUT2D eigenvalue weighted by atomic mass is 10.3. The first-order chi connectivity index (χ1) is 8.60. The molecule has 1 N–H and O–H groups in total. The number of nitrogens with zero attached hydrogens (tertiary/aromatic N) is 4. The number of nitrogens with one attached hydrogen (secondary N) is 1. The molecule has 0 aliphatic rings. The zero-order valence-electron chi connectivity index (χ0n) is 11.5. The molecule has 0 saturated carbocycles. The summed E-state index contributed by atoms with van der Waals surface area (Å²) in [5.74, 6) is 0.911. The van der Waals surface area contributed by atoms with Crippen LogP contribution >= 0.6 is 0 Å². The fourth-order valence-electron chi connectivity index (χ4n) is 1.88. The molecule has 0 fully saturated rings. The molecular formula is C13H21N5. The van der Waals surface area contributed by atoms with E-state index >= 15 is 0 Å². The van der Waals surface area contributed by atoms with Gasteiger partial charge < -0.3 is 5.32 Å². The van der Waals surface area contributed by atoms with Crippen molar-refractivity contribution in [1.29, 1.82) is 0 Å². The Morgan fingerprint density at radius 2 is 2.17 bits per heavy atom. The smallest absolute Gasteiger partial charge is 0.148 e. The molecule has 0 aliphatic carbocycles. The summed E-state index contributed by atoms with van der Waals surface area (Å²) in [6.07, 6.45) is 3.10. The van der Waals surface area contributed by atoms with Crippen LogP contribution < -0.4 is 5.32 Å².